The van der Waals surface area contributed by atoms with E-state index >= 15 is 0 Å². The number of carbonyl (C=O) groups is 1. The first kappa shape index (κ1) is 21.2. The van der Waals surface area contributed by atoms with Crippen LogP contribution in [0, 0.1) is 13.8 Å². The Labute approximate surface area is 183 Å². The van der Waals surface area contributed by atoms with Gasteiger partial charge in [0, 0.05) is 19.2 Å². The lowest BCUT2D eigenvalue weighted by Gasteiger charge is -2.36. The quantitative estimate of drug-likeness (QED) is 0.589. The van der Waals surface area contributed by atoms with Crippen molar-refractivity contribution in [1.29, 1.82) is 0 Å². The van der Waals surface area contributed by atoms with Gasteiger partial charge in [0.2, 0.25) is 5.91 Å². The van der Waals surface area contributed by atoms with Gasteiger partial charge in [-0.2, -0.15) is 5.10 Å². The van der Waals surface area contributed by atoms with Crippen molar-refractivity contribution in [2.75, 3.05) is 13.2 Å². The number of aromatic nitrogens is 3. The van der Waals surface area contributed by atoms with E-state index in [4.69, 9.17) is 9.26 Å². The number of aryl methyl sites for hydroxylation is 2. The number of piperidine rings is 1. The summed E-state index contributed by atoms with van der Waals surface area (Å²) in [6.45, 7) is 7.28. The molecule has 2 aromatic heterocycles. The van der Waals surface area contributed by atoms with Crippen molar-refractivity contribution in [3.63, 3.8) is 0 Å². The maximum atomic E-state index is 13.3. The summed E-state index contributed by atoms with van der Waals surface area (Å²) in [5.74, 6) is 1.70. The SMILES string of the molecule is CCOc1ccc(CC(=O)N2CCCCC2c2c(-c3onc(C)c3C)cnn2C)cc1. The van der Waals surface area contributed by atoms with Gasteiger partial charge < -0.3 is 14.2 Å². The second-order valence-corrected chi connectivity index (χ2v) is 8.14. The predicted molar refractivity (Wildman–Crippen MR) is 118 cm³/mol. The summed E-state index contributed by atoms with van der Waals surface area (Å²) < 4.78 is 13.0. The first-order chi connectivity index (χ1) is 15.0. The summed E-state index contributed by atoms with van der Waals surface area (Å²) >= 11 is 0. The fraction of sp³-hybridized carbons (Fsp3) is 0.458. The van der Waals surface area contributed by atoms with Crippen LogP contribution in [0.3, 0.4) is 0 Å². The molecule has 7 nitrogen and oxygen atoms in total. The van der Waals surface area contributed by atoms with Crippen LogP contribution in [-0.4, -0.2) is 38.9 Å². The molecule has 1 unspecified atom stereocenters. The molecule has 1 saturated heterocycles. The molecular weight excluding hydrogens is 392 g/mol. The number of benzene rings is 1. The topological polar surface area (TPSA) is 73.4 Å². The number of carbonyl (C=O) groups excluding carboxylic acids is 1. The van der Waals surface area contributed by atoms with E-state index in [9.17, 15) is 4.79 Å². The molecular formula is C24H30N4O3. The summed E-state index contributed by atoms with van der Waals surface area (Å²) in [4.78, 5) is 15.4. The number of rotatable bonds is 6. The van der Waals surface area contributed by atoms with Crippen molar-refractivity contribution in [3.05, 3.63) is 53.0 Å². The first-order valence-electron chi connectivity index (χ1n) is 11.0. The van der Waals surface area contributed by atoms with E-state index in [0.717, 1.165) is 65.4 Å². The van der Waals surface area contributed by atoms with Crippen LogP contribution in [0.15, 0.2) is 35.0 Å². The third-order valence-corrected chi connectivity index (χ3v) is 6.11. The van der Waals surface area contributed by atoms with Crippen LogP contribution in [0.4, 0.5) is 0 Å². The van der Waals surface area contributed by atoms with Crippen LogP contribution in [0.2, 0.25) is 0 Å². The molecule has 4 rings (SSSR count). The van der Waals surface area contributed by atoms with E-state index < -0.39 is 0 Å². The third-order valence-electron chi connectivity index (χ3n) is 6.11. The Bertz CT molecular complexity index is 1050. The highest BCUT2D eigenvalue weighted by molar-refractivity contribution is 5.80. The summed E-state index contributed by atoms with van der Waals surface area (Å²) in [6.07, 6.45) is 5.20. The van der Waals surface area contributed by atoms with Gasteiger partial charge in [0.1, 0.15) is 5.75 Å². The molecule has 31 heavy (non-hydrogen) atoms. The van der Waals surface area contributed by atoms with Gasteiger partial charge in [-0.3, -0.25) is 9.48 Å². The van der Waals surface area contributed by atoms with Gasteiger partial charge in [0.05, 0.1) is 42.2 Å². The van der Waals surface area contributed by atoms with Crippen LogP contribution >= 0.6 is 0 Å². The number of hydrogen-bond acceptors (Lipinski definition) is 5. The second-order valence-electron chi connectivity index (χ2n) is 8.14. The smallest absolute Gasteiger partial charge is 0.227 e. The minimum absolute atomic E-state index is 0.0312. The van der Waals surface area contributed by atoms with E-state index in [1.807, 2.05) is 67.9 Å². The van der Waals surface area contributed by atoms with E-state index in [0.29, 0.717) is 13.0 Å². The van der Waals surface area contributed by atoms with Gasteiger partial charge in [0.15, 0.2) is 5.76 Å². The highest BCUT2D eigenvalue weighted by Gasteiger charge is 2.33. The van der Waals surface area contributed by atoms with Crippen molar-refractivity contribution >= 4 is 5.91 Å². The summed E-state index contributed by atoms with van der Waals surface area (Å²) in [6, 6.07) is 7.76. The number of ether oxygens (including phenoxy) is 1. The van der Waals surface area contributed by atoms with Crippen molar-refractivity contribution in [1.82, 2.24) is 19.8 Å². The van der Waals surface area contributed by atoms with Crippen molar-refractivity contribution in [3.8, 4) is 17.1 Å². The fourth-order valence-corrected chi connectivity index (χ4v) is 4.34. The van der Waals surface area contributed by atoms with Crippen LogP contribution in [-0.2, 0) is 18.3 Å². The monoisotopic (exact) mass is 422 g/mol. The predicted octanol–water partition coefficient (Wildman–Crippen LogP) is 4.39. The Morgan fingerprint density at radius 2 is 2.00 bits per heavy atom. The minimum Gasteiger partial charge on any atom is -0.494 e. The van der Waals surface area contributed by atoms with Gasteiger partial charge in [-0.1, -0.05) is 17.3 Å². The molecule has 0 bridgehead atoms. The molecule has 1 aromatic carbocycles. The summed E-state index contributed by atoms with van der Waals surface area (Å²) in [5.41, 5.74) is 4.81. The van der Waals surface area contributed by atoms with Gasteiger partial charge in [-0.05, 0) is 57.7 Å². The zero-order valence-electron chi connectivity index (χ0n) is 18.7. The molecule has 0 saturated carbocycles. The minimum atomic E-state index is -0.0312. The maximum absolute atomic E-state index is 13.3. The van der Waals surface area contributed by atoms with Gasteiger partial charge in [0.25, 0.3) is 0 Å². The van der Waals surface area contributed by atoms with E-state index in [2.05, 4.69) is 10.3 Å². The van der Waals surface area contributed by atoms with E-state index in [1.165, 1.54) is 0 Å². The fourth-order valence-electron chi connectivity index (χ4n) is 4.34. The number of amides is 1. The summed E-state index contributed by atoms with van der Waals surface area (Å²) in [5, 5.41) is 8.62. The molecule has 1 fully saturated rings. The lowest BCUT2D eigenvalue weighted by molar-refractivity contribution is -0.134. The lowest BCUT2D eigenvalue weighted by Crippen LogP contribution is -2.40. The molecule has 1 atom stereocenters. The Morgan fingerprint density at radius 3 is 2.68 bits per heavy atom. The number of nitrogens with zero attached hydrogens (tertiary/aromatic N) is 4. The highest BCUT2D eigenvalue weighted by Crippen LogP contribution is 2.38. The Balaban J connectivity index is 1.60. The van der Waals surface area contributed by atoms with Crippen LogP contribution < -0.4 is 4.74 Å². The zero-order chi connectivity index (χ0) is 22.0. The van der Waals surface area contributed by atoms with Gasteiger partial charge >= 0.3 is 0 Å². The van der Waals surface area contributed by atoms with Crippen molar-refractivity contribution in [2.24, 2.45) is 7.05 Å². The molecule has 7 heteroatoms. The Hall–Kier alpha value is -3.09. The average Bonchev–Trinajstić information content (AvgIpc) is 3.31. The standard InChI is InChI=1S/C24H30N4O3/c1-5-30-19-11-9-18(10-12-19)14-22(29)28-13-7-6-8-21(28)23-20(15-25-27(23)4)24-16(2)17(3)26-31-24/h9-12,15,21H,5-8,13-14H2,1-4H3. The zero-order valence-corrected chi connectivity index (χ0v) is 18.7. The molecule has 3 aromatic rings. The number of likely N-dealkylation sites (tertiary alicyclic amines) is 1. The molecule has 164 valence electrons. The normalized spacial score (nSPS) is 16.5. The molecule has 0 radical (unpaired) electrons. The van der Waals surface area contributed by atoms with Crippen LogP contribution in [0.5, 0.6) is 5.75 Å². The molecule has 0 aliphatic carbocycles. The van der Waals surface area contributed by atoms with Gasteiger partial charge in [-0.25, -0.2) is 0 Å². The first-order valence-corrected chi connectivity index (χ1v) is 11.0. The Kier molecular flexibility index (Phi) is 6.11. The molecule has 1 amide bonds. The van der Waals surface area contributed by atoms with Crippen LogP contribution in [0.1, 0.15) is 54.7 Å². The number of hydrogen-bond donors (Lipinski definition) is 0. The van der Waals surface area contributed by atoms with Crippen molar-refractivity contribution < 1.29 is 14.1 Å². The van der Waals surface area contributed by atoms with Crippen molar-refractivity contribution in [2.45, 2.75) is 52.5 Å². The largest absolute Gasteiger partial charge is 0.494 e. The Morgan fingerprint density at radius 1 is 1.23 bits per heavy atom. The highest BCUT2D eigenvalue weighted by atomic mass is 16.5. The molecule has 0 spiro atoms. The van der Waals surface area contributed by atoms with Gasteiger partial charge in [-0.15, -0.1) is 0 Å². The molecule has 1 aliphatic rings. The average molecular weight is 423 g/mol. The second kappa shape index (κ2) is 8.96. The maximum Gasteiger partial charge on any atom is 0.227 e. The lowest BCUT2D eigenvalue weighted by atomic mass is 9.94. The van der Waals surface area contributed by atoms with Crippen LogP contribution in [0.25, 0.3) is 11.3 Å². The molecule has 3 heterocycles. The van der Waals surface area contributed by atoms with E-state index in [-0.39, 0.29) is 11.9 Å². The summed E-state index contributed by atoms with van der Waals surface area (Å²) in [7, 11) is 1.93. The van der Waals surface area contributed by atoms with E-state index in [1.54, 1.807) is 0 Å². The third kappa shape index (κ3) is 4.22. The molecule has 0 N–H and O–H groups in total. The molecule has 1 aliphatic heterocycles.